The highest BCUT2D eigenvalue weighted by Crippen LogP contribution is 2.22. The van der Waals surface area contributed by atoms with Gasteiger partial charge in [-0.2, -0.15) is 0 Å². The van der Waals surface area contributed by atoms with E-state index in [2.05, 4.69) is 27.0 Å². The number of aromatic nitrogens is 3. The number of carbonyl (C=O) groups excluding carboxylic acids is 1. The molecule has 1 saturated heterocycles. The van der Waals surface area contributed by atoms with Crippen molar-refractivity contribution < 1.29 is 14.4 Å². The molecule has 1 aromatic carbocycles. The summed E-state index contributed by atoms with van der Waals surface area (Å²) in [6, 6.07) is 7.19. The van der Waals surface area contributed by atoms with Crippen LogP contribution in [0.3, 0.4) is 0 Å². The minimum absolute atomic E-state index is 0.117. The fraction of sp³-hybridized carbons (Fsp3) is 0.471. The number of nitrogens with zero attached hydrogens (tertiary/aromatic N) is 3. The summed E-state index contributed by atoms with van der Waals surface area (Å²) in [6.45, 7) is 7.23. The lowest BCUT2D eigenvalue weighted by molar-refractivity contribution is -0.922. The second-order valence-electron chi connectivity index (χ2n) is 6.00. The van der Waals surface area contributed by atoms with E-state index >= 15 is 0 Å². The maximum Gasteiger partial charge on any atom is 0.234 e. The summed E-state index contributed by atoms with van der Waals surface area (Å²) in [6.07, 6.45) is 0. The Morgan fingerprint density at radius 3 is 2.85 bits per heavy atom. The van der Waals surface area contributed by atoms with Gasteiger partial charge in [0, 0.05) is 6.54 Å². The number of anilines is 1. The lowest BCUT2D eigenvalue weighted by Gasteiger charge is -2.23. The molecule has 1 amide bonds. The summed E-state index contributed by atoms with van der Waals surface area (Å²) < 4.78 is 7.48. The first kappa shape index (κ1) is 19.2. The monoisotopic (exact) mass is 396 g/mol. The van der Waals surface area contributed by atoms with Crippen molar-refractivity contribution in [1.29, 1.82) is 0 Å². The molecule has 0 atom stereocenters. The van der Waals surface area contributed by atoms with E-state index in [0.717, 1.165) is 50.4 Å². The van der Waals surface area contributed by atoms with Crippen LogP contribution in [0.25, 0.3) is 0 Å². The number of amides is 1. The molecule has 0 radical (unpaired) electrons. The van der Waals surface area contributed by atoms with E-state index in [4.69, 9.17) is 16.3 Å². The van der Waals surface area contributed by atoms with Crippen molar-refractivity contribution in [1.82, 2.24) is 14.8 Å². The first-order valence-electron chi connectivity index (χ1n) is 8.68. The normalized spacial score (nSPS) is 15.2. The Labute approximate surface area is 162 Å². The van der Waals surface area contributed by atoms with Crippen LogP contribution in [-0.2, 0) is 22.6 Å². The van der Waals surface area contributed by atoms with Crippen LogP contribution in [0.15, 0.2) is 29.4 Å². The van der Waals surface area contributed by atoms with Crippen molar-refractivity contribution in [2.24, 2.45) is 0 Å². The number of halogens is 1. The largest absolute Gasteiger partial charge is 0.370 e. The van der Waals surface area contributed by atoms with E-state index in [1.807, 2.05) is 12.1 Å². The van der Waals surface area contributed by atoms with Gasteiger partial charge in [-0.3, -0.25) is 4.79 Å². The van der Waals surface area contributed by atoms with Gasteiger partial charge in [-0.05, 0) is 19.1 Å². The van der Waals surface area contributed by atoms with Crippen molar-refractivity contribution in [2.45, 2.75) is 25.2 Å². The number of morpholine rings is 1. The number of hydrogen-bond acceptors (Lipinski definition) is 5. The molecule has 1 aromatic heterocycles. The molecule has 9 heteroatoms. The van der Waals surface area contributed by atoms with Gasteiger partial charge in [0.05, 0.1) is 29.7 Å². The van der Waals surface area contributed by atoms with E-state index in [-0.39, 0.29) is 11.7 Å². The molecule has 1 fully saturated rings. The van der Waals surface area contributed by atoms with Crippen LogP contribution in [0, 0.1) is 0 Å². The number of carbonyl (C=O) groups is 1. The molecule has 2 N–H and O–H groups in total. The van der Waals surface area contributed by atoms with Crippen LogP contribution in [0.5, 0.6) is 0 Å². The van der Waals surface area contributed by atoms with E-state index in [0.29, 0.717) is 10.7 Å². The predicted molar refractivity (Wildman–Crippen MR) is 102 cm³/mol. The van der Waals surface area contributed by atoms with Gasteiger partial charge >= 0.3 is 0 Å². The Hall–Kier alpha value is -1.61. The number of rotatable bonds is 7. The van der Waals surface area contributed by atoms with Gasteiger partial charge in [-0.15, -0.1) is 10.2 Å². The molecule has 0 aliphatic carbocycles. The zero-order valence-corrected chi connectivity index (χ0v) is 16.3. The zero-order valence-electron chi connectivity index (χ0n) is 14.7. The van der Waals surface area contributed by atoms with Gasteiger partial charge in [0.1, 0.15) is 19.6 Å². The first-order valence-corrected chi connectivity index (χ1v) is 10.0. The smallest absolute Gasteiger partial charge is 0.234 e. The zero-order chi connectivity index (χ0) is 18.4. The minimum atomic E-state index is -0.117. The summed E-state index contributed by atoms with van der Waals surface area (Å²) in [5.41, 5.74) is 0.619. The average molecular weight is 397 g/mol. The van der Waals surface area contributed by atoms with Crippen LogP contribution in [0.2, 0.25) is 5.02 Å². The quantitative estimate of drug-likeness (QED) is 0.685. The van der Waals surface area contributed by atoms with E-state index in [9.17, 15) is 4.79 Å². The summed E-state index contributed by atoms with van der Waals surface area (Å²) >= 11 is 7.46. The molecule has 2 heterocycles. The lowest BCUT2D eigenvalue weighted by atomic mass is 10.3. The third kappa shape index (κ3) is 4.97. The molecule has 7 nitrogen and oxygen atoms in total. The fourth-order valence-corrected chi connectivity index (χ4v) is 3.82. The van der Waals surface area contributed by atoms with E-state index in [1.165, 1.54) is 16.7 Å². The Balaban J connectivity index is 1.57. The minimum Gasteiger partial charge on any atom is -0.370 e. The first-order chi connectivity index (χ1) is 12.7. The number of ether oxygens (including phenoxy) is 1. The number of nitrogens with one attached hydrogen (secondary N) is 2. The summed E-state index contributed by atoms with van der Waals surface area (Å²) in [5.74, 6) is 1.10. The predicted octanol–water partition coefficient (Wildman–Crippen LogP) is 1.10. The van der Waals surface area contributed by atoms with Gasteiger partial charge in [0.2, 0.25) is 5.91 Å². The maximum atomic E-state index is 12.2. The van der Waals surface area contributed by atoms with Gasteiger partial charge < -0.3 is 19.5 Å². The van der Waals surface area contributed by atoms with Crippen LogP contribution < -0.4 is 10.2 Å². The van der Waals surface area contributed by atoms with Crippen LogP contribution in [0.4, 0.5) is 5.69 Å². The van der Waals surface area contributed by atoms with Crippen LogP contribution in [0.1, 0.15) is 12.7 Å². The Kier molecular flexibility index (Phi) is 6.90. The Morgan fingerprint density at radius 1 is 1.35 bits per heavy atom. The summed E-state index contributed by atoms with van der Waals surface area (Å²) in [4.78, 5) is 13.6. The van der Waals surface area contributed by atoms with Gasteiger partial charge in [-0.25, -0.2) is 0 Å². The second kappa shape index (κ2) is 9.36. The maximum absolute atomic E-state index is 12.2. The van der Waals surface area contributed by atoms with Gasteiger partial charge in [0.25, 0.3) is 0 Å². The lowest BCUT2D eigenvalue weighted by Crippen LogP contribution is -3.12. The third-order valence-electron chi connectivity index (χ3n) is 4.20. The molecule has 2 aromatic rings. The molecule has 1 aliphatic rings. The van der Waals surface area contributed by atoms with Crippen molar-refractivity contribution >= 4 is 35.0 Å². The molecule has 1 aliphatic heterocycles. The standard InChI is InChI=1S/C17H22ClN5O2S/c1-2-23-15(11-22-7-9-25-10-8-22)20-21-17(23)26-12-16(24)19-14-6-4-3-5-13(14)18/h3-6H,2,7-12H2,1H3,(H,19,24)/p+1. The van der Waals surface area contributed by atoms with Gasteiger partial charge in [-0.1, -0.05) is 35.5 Å². The highest BCUT2D eigenvalue weighted by Gasteiger charge is 2.20. The van der Waals surface area contributed by atoms with E-state index in [1.54, 1.807) is 12.1 Å². The summed E-state index contributed by atoms with van der Waals surface area (Å²) in [7, 11) is 0. The molecule has 0 bridgehead atoms. The number of thioether (sulfide) groups is 1. The van der Waals surface area contributed by atoms with Crippen LogP contribution in [-0.4, -0.2) is 52.7 Å². The van der Waals surface area contributed by atoms with Crippen molar-refractivity contribution in [2.75, 3.05) is 37.4 Å². The SMILES string of the molecule is CCn1c(C[NH+]2CCOCC2)nnc1SCC(=O)Nc1ccccc1Cl. The number of benzene rings is 1. The molecule has 0 saturated carbocycles. The molecule has 140 valence electrons. The molecule has 0 unspecified atom stereocenters. The number of quaternary nitrogens is 1. The van der Waals surface area contributed by atoms with Crippen LogP contribution >= 0.6 is 23.4 Å². The molecule has 3 rings (SSSR count). The second-order valence-corrected chi connectivity index (χ2v) is 7.35. The molecule has 26 heavy (non-hydrogen) atoms. The fourth-order valence-electron chi connectivity index (χ4n) is 2.81. The Morgan fingerprint density at radius 2 is 2.12 bits per heavy atom. The van der Waals surface area contributed by atoms with E-state index < -0.39 is 0 Å². The topological polar surface area (TPSA) is 73.5 Å². The molecular formula is C17H23ClN5O2S+. The number of hydrogen-bond donors (Lipinski definition) is 2. The molecule has 0 spiro atoms. The Bertz CT molecular complexity index is 749. The highest BCUT2D eigenvalue weighted by molar-refractivity contribution is 7.99. The highest BCUT2D eigenvalue weighted by atomic mass is 35.5. The van der Waals surface area contributed by atoms with Crippen molar-refractivity contribution in [3.05, 3.63) is 35.1 Å². The molecular weight excluding hydrogens is 374 g/mol. The average Bonchev–Trinajstić information content (AvgIpc) is 3.04. The van der Waals surface area contributed by atoms with Crippen molar-refractivity contribution in [3.63, 3.8) is 0 Å². The van der Waals surface area contributed by atoms with Crippen molar-refractivity contribution in [3.8, 4) is 0 Å². The summed E-state index contributed by atoms with van der Waals surface area (Å²) in [5, 5.41) is 12.7. The third-order valence-corrected chi connectivity index (χ3v) is 5.49. The van der Waals surface area contributed by atoms with Gasteiger partial charge in [0.15, 0.2) is 11.0 Å². The number of para-hydroxylation sites is 1.